The van der Waals surface area contributed by atoms with E-state index in [2.05, 4.69) is 39.5 Å². The number of nitrogens with zero attached hydrogens (tertiary/aromatic N) is 1. The second-order valence-electron chi connectivity index (χ2n) is 7.71. The molecule has 0 radical (unpaired) electrons. The smallest absolute Gasteiger partial charge is 0.267 e. The zero-order chi connectivity index (χ0) is 19.3. The molecule has 0 bridgehead atoms. The Balaban J connectivity index is 1.57. The van der Waals surface area contributed by atoms with Crippen LogP contribution in [-0.4, -0.2) is 25.2 Å². The van der Waals surface area contributed by atoms with Crippen LogP contribution in [0.2, 0.25) is 0 Å². The number of nitriles is 1. The van der Waals surface area contributed by atoms with Crippen molar-refractivity contribution in [1.82, 2.24) is 16.0 Å². The van der Waals surface area contributed by atoms with Gasteiger partial charge in [0.05, 0.1) is 0 Å². The average molecular weight is 377 g/mol. The van der Waals surface area contributed by atoms with Gasteiger partial charge in [0.1, 0.15) is 11.8 Å². The molecular formula is C22H27N5O. The minimum Gasteiger partial charge on any atom is -0.361 e. The number of piperidine rings is 1. The highest BCUT2D eigenvalue weighted by atomic mass is 16.2. The number of rotatable bonds is 4. The van der Waals surface area contributed by atoms with E-state index in [1.807, 2.05) is 12.1 Å². The second kappa shape index (κ2) is 8.49. The average Bonchev–Trinajstić information content (AvgIpc) is 3.25. The van der Waals surface area contributed by atoms with Crippen LogP contribution in [0.1, 0.15) is 55.6 Å². The number of hydrogen-bond donors (Lipinski definition) is 4. The molecule has 4 N–H and O–H groups in total. The molecule has 1 atom stereocenters. The predicted molar refractivity (Wildman–Crippen MR) is 110 cm³/mol. The molecule has 1 aromatic carbocycles. The lowest BCUT2D eigenvalue weighted by Crippen LogP contribution is -2.43. The summed E-state index contributed by atoms with van der Waals surface area (Å²) in [5, 5.41) is 21.2. The number of hydrogen-bond acceptors (Lipinski definition) is 5. The van der Waals surface area contributed by atoms with Crippen LogP contribution in [0.5, 0.6) is 0 Å². The van der Waals surface area contributed by atoms with Gasteiger partial charge in [-0.2, -0.15) is 5.26 Å². The molecule has 2 heterocycles. The molecule has 1 unspecified atom stereocenters. The maximum absolute atomic E-state index is 12.7. The third-order valence-corrected chi connectivity index (χ3v) is 5.83. The fourth-order valence-electron chi connectivity index (χ4n) is 4.24. The van der Waals surface area contributed by atoms with Gasteiger partial charge >= 0.3 is 0 Å². The van der Waals surface area contributed by atoms with Gasteiger partial charge in [-0.05, 0) is 80.8 Å². The highest BCUT2D eigenvalue weighted by Gasteiger charge is 2.24. The highest BCUT2D eigenvalue weighted by molar-refractivity contribution is 5.98. The van der Waals surface area contributed by atoms with Crippen molar-refractivity contribution >= 4 is 17.2 Å². The second-order valence-corrected chi connectivity index (χ2v) is 7.71. The van der Waals surface area contributed by atoms with Gasteiger partial charge in [0, 0.05) is 17.5 Å². The number of carbonyl (C=O) groups is 1. The minimum atomic E-state index is -0.619. The van der Waals surface area contributed by atoms with Gasteiger partial charge < -0.3 is 21.3 Å². The summed E-state index contributed by atoms with van der Waals surface area (Å²) in [5.74, 6) is 0.392. The van der Waals surface area contributed by atoms with E-state index in [1.165, 1.54) is 30.2 Å². The molecule has 3 aliphatic rings. The Kier molecular flexibility index (Phi) is 5.63. The Bertz CT molecular complexity index is 845. The monoisotopic (exact) mass is 377 g/mol. The Morgan fingerprint density at radius 2 is 2.07 bits per heavy atom. The van der Waals surface area contributed by atoms with Crippen LogP contribution in [0.25, 0.3) is 5.57 Å². The lowest BCUT2D eigenvalue weighted by Gasteiger charge is -2.25. The van der Waals surface area contributed by atoms with Crippen LogP contribution in [0.3, 0.4) is 0 Å². The van der Waals surface area contributed by atoms with Gasteiger partial charge in [-0.1, -0.05) is 12.1 Å². The van der Waals surface area contributed by atoms with Crippen molar-refractivity contribution in [2.45, 2.75) is 50.6 Å². The predicted octanol–water partition coefficient (Wildman–Crippen LogP) is 2.93. The van der Waals surface area contributed by atoms with Crippen molar-refractivity contribution in [2.24, 2.45) is 0 Å². The fraction of sp³-hybridized carbons (Fsp3) is 0.455. The van der Waals surface area contributed by atoms with Gasteiger partial charge in [0.15, 0.2) is 6.17 Å². The van der Waals surface area contributed by atoms with Crippen molar-refractivity contribution in [2.75, 3.05) is 18.4 Å². The van der Waals surface area contributed by atoms with Crippen molar-refractivity contribution < 1.29 is 4.79 Å². The van der Waals surface area contributed by atoms with E-state index in [1.54, 1.807) is 0 Å². The minimum absolute atomic E-state index is 0.186. The molecule has 6 nitrogen and oxygen atoms in total. The molecule has 4 rings (SSSR count). The molecule has 146 valence electrons. The van der Waals surface area contributed by atoms with Crippen LogP contribution in [0, 0.1) is 11.3 Å². The molecule has 1 saturated heterocycles. The van der Waals surface area contributed by atoms with E-state index in [9.17, 15) is 4.79 Å². The summed E-state index contributed by atoms with van der Waals surface area (Å²) >= 11 is 0. The first-order valence-electron chi connectivity index (χ1n) is 10.2. The number of anilines is 1. The summed E-state index contributed by atoms with van der Waals surface area (Å²) in [4.78, 5) is 12.7. The Labute approximate surface area is 166 Å². The van der Waals surface area contributed by atoms with Crippen molar-refractivity contribution in [3.05, 3.63) is 47.3 Å². The third kappa shape index (κ3) is 4.05. The van der Waals surface area contributed by atoms with Gasteiger partial charge in [-0.15, -0.1) is 0 Å². The first-order valence-corrected chi connectivity index (χ1v) is 10.2. The lowest BCUT2D eigenvalue weighted by atomic mass is 9.86. The number of amides is 1. The van der Waals surface area contributed by atoms with E-state index < -0.39 is 6.17 Å². The first-order chi connectivity index (χ1) is 13.7. The topological polar surface area (TPSA) is 89.0 Å². The summed E-state index contributed by atoms with van der Waals surface area (Å²) in [5.41, 5.74) is 5.07. The summed E-state index contributed by atoms with van der Waals surface area (Å²) in [6.45, 7) is 2.13. The molecule has 0 saturated carbocycles. The van der Waals surface area contributed by atoms with Crippen LogP contribution in [-0.2, 0) is 4.79 Å². The number of benzene rings is 1. The van der Waals surface area contributed by atoms with Crippen LogP contribution in [0.15, 0.2) is 36.2 Å². The third-order valence-electron chi connectivity index (χ3n) is 5.83. The number of nitrogens with one attached hydrogen (secondary N) is 4. The van der Waals surface area contributed by atoms with Crippen LogP contribution >= 0.6 is 0 Å². The number of carbonyl (C=O) groups excluding carboxylic acids is 1. The molecule has 1 fully saturated rings. The number of allylic oxidation sites excluding steroid dienone is 3. The fourth-order valence-corrected chi connectivity index (χ4v) is 4.24. The summed E-state index contributed by atoms with van der Waals surface area (Å²) in [6.07, 6.45) is 10.1. The van der Waals surface area contributed by atoms with Crippen LogP contribution in [0.4, 0.5) is 5.69 Å². The molecular weight excluding hydrogens is 350 g/mol. The van der Waals surface area contributed by atoms with Gasteiger partial charge in [0.2, 0.25) is 0 Å². The zero-order valence-electron chi connectivity index (χ0n) is 16.1. The van der Waals surface area contributed by atoms with E-state index >= 15 is 0 Å². The van der Waals surface area contributed by atoms with Crippen molar-refractivity contribution in [1.29, 1.82) is 5.26 Å². The normalized spacial score (nSPS) is 22.3. The zero-order valence-corrected chi connectivity index (χ0v) is 16.1. The standard InChI is InChI=1S/C22H27N5O/c23-13-18-14-25-21(26-18)22(28)27-20-7-6-17(15-8-10-24-11-9-15)12-19(20)16-4-2-1-3-5-16/h4,6-7,12,14-15,21,24-26H,1-3,5,8-11H2,(H,27,28). The first kappa shape index (κ1) is 18.6. The molecule has 1 aromatic rings. The van der Waals surface area contributed by atoms with E-state index in [4.69, 9.17) is 5.26 Å². The Morgan fingerprint density at radius 3 is 2.79 bits per heavy atom. The Hall–Kier alpha value is -2.78. The molecule has 0 aromatic heterocycles. The molecule has 0 spiro atoms. The Morgan fingerprint density at radius 1 is 1.21 bits per heavy atom. The van der Waals surface area contributed by atoms with Crippen molar-refractivity contribution in [3.63, 3.8) is 0 Å². The van der Waals surface area contributed by atoms with Gasteiger partial charge in [0.25, 0.3) is 5.91 Å². The van der Waals surface area contributed by atoms with Gasteiger partial charge in [-0.25, -0.2) is 0 Å². The summed E-state index contributed by atoms with van der Waals surface area (Å²) in [7, 11) is 0. The van der Waals surface area contributed by atoms with E-state index in [0.29, 0.717) is 11.6 Å². The molecule has 2 aliphatic heterocycles. The maximum Gasteiger partial charge on any atom is 0.267 e. The molecule has 1 aliphatic carbocycles. The highest BCUT2D eigenvalue weighted by Crippen LogP contribution is 2.35. The maximum atomic E-state index is 12.7. The van der Waals surface area contributed by atoms with Crippen molar-refractivity contribution in [3.8, 4) is 6.07 Å². The van der Waals surface area contributed by atoms with Crippen LogP contribution < -0.4 is 21.3 Å². The summed E-state index contributed by atoms with van der Waals surface area (Å²) in [6, 6.07) is 8.51. The largest absolute Gasteiger partial charge is 0.361 e. The van der Waals surface area contributed by atoms with E-state index in [0.717, 1.165) is 50.0 Å². The molecule has 1 amide bonds. The van der Waals surface area contributed by atoms with E-state index in [-0.39, 0.29) is 5.91 Å². The SMILES string of the molecule is N#CC1=CNC(C(=O)Nc2ccc(C3CCNCC3)cc2C2=CCCCC2)N1. The molecule has 6 heteroatoms. The molecule has 28 heavy (non-hydrogen) atoms. The lowest BCUT2D eigenvalue weighted by molar-refractivity contribution is -0.118. The summed E-state index contributed by atoms with van der Waals surface area (Å²) < 4.78 is 0. The quantitative estimate of drug-likeness (QED) is 0.648. The van der Waals surface area contributed by atoms with Gasteiger partial charge in [-0.3, -0.25) is 4.79 Å².